The Kier molecular flexibility index (Phi) is 6.13. The molecule has 1 fully saturated rings. The van der Waals surface area contributed by atoms with Gasteiger partial charge in [-0.1, -0.05) is 32.1 Å². The summed E-state index contributed by atoms with van der Waals surface area (Å²) in [6, 6.07) is -0.462. The molecule has 3 amide bonds. The van der Waals surface area contributed by atoms with Crippen LogP contribution in [0.15, 0.2) is 0 Å². The van der Waals surface area contributed by atoms with E-state index in [2.05, 4.69) is 10.3 Å². The van der Waals surface area contributed by atoms with Gasteiger partial charge in [0.25, 0.3) is 0 Å². The van der Waals surface area contributed by atoms with Crippen molar-refractivity contribution in [2.75, 3.05) is 18.4 Å². The summed E-state index contributed by atoms with van der Waals surface area (Å²) >= 11 is 1.38. The van der Waals surface area contributed by atoms with Crippen molar-refractivity contribution >= 4 is 34.4 Å². The smallest absolute Gasteiger partial charge is 0.410 e. The SMILES string of the molecule is CC(C)(C)OC(=O)N1CCc2nc(NC(=O)C3CCCN3C(=O)C(C)(C)C)sc2C1. The highest BCUT2D eigenvalue weighted by molar-refractivity contribution is 7.15. The van der Waals surface area contributed by atoms with Gasteiger partial charge in [-0.3, -0.25) is 9.59 Å². The molecule has 3 heterocycles. The second-order valence-electron chi connectivity index (χ2n) is 9.94. The minimum Gasteiger partial charge on any atom is -0.444 e. The molecule has 0 spiro atoms. The molecule has 1 aromatic rings. The first kappa shape index (κ1) is 22.5. The van der Waals surface area contributed by atoms with Gasteiger partial charge in [-0.05, 0) is 33.6 Å². The van der Waals surface area contributed by atoms with Crippen LogP contribution >= 0.6 is 11.3 Å². The maximum Gasteiger partial charge on any atom is 0.410 e. The zero-order valence-electron chi connectivity index (χ0n) is 18.7. The Morgan fingerprint density at radius 2 is 1.83 bits per heavy atom. The molecule has 0 aromatic carbocycles. The number of nitrogens with zero attached hydrogens (tertiary/aromatic N) is 3. The van der Waals surface area contributed by atoms with Crippen molar-refractivity contribution in [3.63, 3.8) is 0 Å². The van der Waals surface area contributed by atoms with E-state index in [1.54, 1.807) is 9.80 Å². The Labute approximate surface area is 182 Å². The van der Waals surface area contributed by atoms with Crippen LogP contribution in [0.2, 0.25) is 0 Å². The van der Waals surface area contributed by atoms with Crippen molar-refractivity contribution < 1.29 is 19.1 Å². The van der Waals surface area contributed by atoms with E-state index in [1.807, 2.05) is 41.5 Å². The standard InChI is InChI=1S/C21H32N4O4S/c1-20(2,3)17(27)25-10-7-8-14(25)16(26)23-18-22-13-9-11-24(12-15(13)30-18)19(28)29-21(4,5)6/h14H,7-12H2,1-6H3,(H,22,23,26). The molecule has 8 nitrogen and oxygen atoms in total. The van der Waals surface area contributed by atoms with Gasteiger partial charge >= 0.3 is 6.09 Å². The third kappa shape index (κ3) is 5.11. The van der Waals surface area contributed by atoms with Crippen LogP contribution in [0.3, 0.4) is 0 Å². The molecule has 2 aliphatic rings. The van der Waals surface area contributed by atoms with Crippen molar-refractivity contribution in [1.29, 1.82) is 0 Å². The van der Waals surface area contributed by atoms with Gasteiger partial charge in [-0.2, -0.15) is 0 Å². The van der Waals surface area contributed by atoms with Gasteiger partial charge in [0.2, 0.25) is 11.8 Å². The molecule has 30 heavy (non-hydrogen) atoms. The lowest BCUT2D eigenvalue weighted by Gasteiger charge is -2.30. The van der Waals surface area contributed by atoms with Crippen LogP contribution in [-0.2, 0) is 27.3 Å². The van der Waals surface area contributed by atoms with E-state index in [-0.39, 0.29) is 17.9 Å². The summed E-state index contributed by atoms with van der Waals surface area (Å²) in [6.45, 7) is 12.7. The minimum atomic E-state index is -0.540. The third-order valence-electron chi connectivity index (χ3n) is 5.07. The van der Waals surface area contributed by atoms with E-state index >= 15 is 0 Å². The van der Waals surface area contributed by atoms with E-state index in [0.29, 0.717) is 37.6 Å². The summed E-state index contributed by atoms with van der Waals surface area (Å²) < 4.78 is 5.46. The molecule has 1 saturated heterocycles. The monoisotopic (exact) mass is 436 g/mol. The molecule has 1 unspecified atom stereocenters. The van der Waals surface area contributed by atoms with Crippen LogP contribution < -0.4 is 5.32 Å². The molecule has 3 rings (SSSR count). The lowest BCUT2D eigenvalue weighted by Crippen LogP contribution is -2.47. The number of rotatable bonds is 2. The van der Waals surface area contributed by atoms with E-state index < -0.39 is 17.1 Å². The summed E-state index contributed by atoms with van der Waals surface area (Å²) in [7, 11) is 0. The van der Waals surface area contributed by atoms with E-state index in [9.17, 15) is 14.4 Å². The normalized spacial score (nSPS) is 19.5. The molecule has 9 heteroatoms. The largest absolute Gasteiger partial charge is 0.444 e. The zero-order valence-corrected chi connectivity index (χ0v) is 19.5. The fourth-order valence-electron chi connectivity index (χ4n) is 3.63. The van der Waals surface area contributed by atoms with Crippen molar-refractivity contribution in [2.24, 2.45) is 5.41 Å². The number of amides is 3. The summed E-state index contributed by atoms with van der Waals surface area (Å²) in [6.07, 6.45) is 1.76. The van der Waals surface area contributed by atoms with Crippen LogP contribution in [0.1, 0.15) is 65.0 Å². The highest BCUT2D eigenvalue weighted by Gasteiger charge is 2.39. The van der Waals surface area contributed by atoms with Gasteiger partial charge in [-0.25, -0.2) is 9.78 Å². The van der Waals surface area contributed by atoms with Gasteiger partial charge in [-0.15, -0.1) is 0 Å². The molecule has 166 valence electrons. The highest BCUT2D eigenvalue weighted by atomic mass is 32.1. The number of ether oxygens (including phenoxy) is 1. The topological polar surface area (TPSA) is 91.8 Å². The summed E-state index contributed by atoms with van der Waals surface area (Å²) in [5.41, 5.74) is -0.153. The number of anilines is 1. The van der Waals surface area contributed by atoms with Crippen LogP contribution in [0, 0.1) is 5.41 Å². The zero-order chi connectivity index (χ0) is 22.3. The third-order valence-corrected chi connectivity index (χ3v) is 6.07. The minimum absolute atomic E-state index is 0.00779. The fourth-order valence-corrected chi connectivity index (χ4v) is 4.66. The van der Waals surface area contributed by atoms with Gasteiger partial charge in [0.15, 0.2) is 5.13 Å². The molecular weight excluding hydrogens is 404 g/mol. The summed E-state index contributed by atoms with van der Waals surface area (Å²) in [4.78, 5) is 46.8. The van der Waals surface area contributed by atoms with Crippen molar-refractivity contribution in [2.45, 2.75) is 79.0 Å². The van der Waals surface area contributed by atoms with Crippen molar-refractivity contribution in [3.05, 3.63) is 10.6 Å². The lowest BCUT2D eigenvalue weighted by atomic mass is 9.94. The second kappa shape index (κ2) is 8.17. The van der Waals surface area contributed by atoms with Crippen LogP contribution in [0.4, 0.5) is 9.93 Å². The predicted octanol–water partition coefficient (Wildman–Crippen LogP) is 3.41. The van der Waals surface area contributed by atoms with Gasteiger partial charge in [0.05, 0.1) is 12.2 Å². The van der Waals surface area contributed by atoms with Crippen LogP contribution in [-0.4, -0.2) is 57.4 Å². The van der Waals surface area contributed by atoms with Gasteiger partial charge < -0.3 is 19.9 Å². The number of hydrogen-bond donors (Lipinski definition) is 1. The molecule has 0 saturated carbocycles. The van der Waals surface area contributed by atoms with E-state index in [0.717, 1.165) is 17.0 Å². The number of carbonyl (C=O) groups excluding carboxylic acids is 3. The Morgan fingerprint density at radius 3 is 2.47 bits per heavy atom. The maximum atomic E-state index is 12.9. The number of aromatic nitrogens is 1. The van der Waals surface area contributed by atoms with E-state index in [4.69, 9.17) is 4.74 Å². The molecule has 1 atom stereocenters. The summed E-state index contributed by atoms with van der Waals surface area (Å²) in [5, 5.41) is 3.42. The first-order chi connectivity index (χ1) is 13.8. The van der Waals surface area contributed by atoms with Crippen molar-refractivity contribution in [1.82, 2.24) is 14.8 Å². The Bertz CT molecular complexity index is 837. The number of carbonyl (C=O) groups is 3. The average Bonchev–Trinajstić information content (AvgIpc) is 3.24. The number of hydrogen-bond acceptors (Lipinski definition) is 6. The van der Waals surface area contributed by atoms with Crippen molar-refractivity contribution in [3.8, 4) is 0 Å². The molecule has 0 radical (unpaired) electrons. The first-order valence-electron chi connectivity index (χ1n) is 10.4. The van der Waals surface area contributed by atoms with Crippen LogP contribution in [0.5, 0.6) is 0 Å². The predicted molar refractivity (Wildman–Crippen MR) is 115 cm³/mol. The maximum absolute atomic E-state index is 12.9. The molecule has 1 aromatic heterocycles. The second-order valence-corrected chi connectivity index (χ2v) is 11.0. The molecule has 0 aliphatic carbocycles. The highest BCUT2D eigenvalue weighted by Crippen LogP contribution is 2.31. The number of thiazole rings is 1. The first-order valence-corrected chi connectivity index (χ1v) is 11.3. The molecular formula is C21H32N4O4S. The Balaban J connectivity index is 1.65. The Morgan fingerprint density at radius 1 is 1.13 bits per heavy atom. The summed E-state index contributed by atoms with van der Waals surface area (Å²) in [5.74, 6) is -0.202. The molecule has 0 bridgehead atoms. The lowest BCUT2D eigenvalue weighted by molar-refractivity contribution is -0.143. The Hall–Kier alpha value is -2.16. The average molecular weight is 437 g/mol. The number of fused-ring (bicyclic) bond motifs is 1. The fraction of sp³-hybridized carbons (Fsp3) is 0.714. The van der Waals surface area contributed by atoms with E-state index in [1.165, 1.54) is 11.3 Å². The van der Waals surface area contributed by atoms with Gasteiger partial charge in [0.1, 0.15) is 11.6 Å². The quantitative estimate of drug-likeness (QED) is 0.767. The molecule has 2 aliphatic heterocycles. The number of nitrogens with one attached hydrogen (secondary N) is 1. The number of likely N-dealkylation sites (tertiary alicyclic amines) is 1. The van der Waals surface area contributed by atoms with Gasteiger partial charge in [0, 0.05) is 29.8 Å². The van der Waals surface area contributed by atoms with Crippen LogP contribution in [0.25, 0.3) is 0 Å². The molecule has 1 N–H and O–H groups in total.